The van der Waals surface area contributed by atoms with E-state index in [4.69, 9.17) is 0 Å². The summed E-state index contributed by atoms with van der Waals surface area (Å²) in [6.45, 7) is 5.95. The van der Waals surface area contributed by atoms with Gasteiger partial charge in [-0.05, 0) is 62.3 Å². The van der Waals surface area contributed by atoms with Gasteiger partial charge in [-0.3, -0.25) is 4.79 Å². The lowest BCUT2D eigenvalue weighted by molar-refractivity contribution is -0.123. The Bertz CT molecular complexity index is 831. The summed E-state index contributed by atoms with van der Waals surface area (Å²) >= 11 is 0. The van der Waals surface area contributed by atoms with Gasteiger partial charge in [-0.25, -0.2) is 0 Å². The highest BCUT2D eigenvalue weighted by Crippen LogP contribution is 2.48. The van der Waals surface area contributed by atoms with Crippen molar-refractivity contribution in [2.24, 2.45) is 0 Å². The quantitative estimate of drug-likeness (QED) is 0.905. The van der Waals surface area contributed by atoms with E-state index in [1.54, 1.807) is 0 Å². The van der Waals surface area contributed by atoms with Crippen LogP contribution >= 0.6 is 0 Å². The van der Waals surface area contributed by atoms with Crippen molar-refractivity contribution in [2.75, 3.05) is 18.5 Å². The molecule has 4 rings (SSSR count). The summed E-state index contributed by atoms with van der Waals surface area (Å²) in [6, 6.07) is 13.1. The molecule has 0 atom stereocenters. The highest BCUT2D eigenvalue weighted by atomic mass is 16.2. The van der Waals surface area contributed by atoms with Crippen molar-refractivity contribution < 1.29 is 4.79 Å². The van der Waals surface area contributed by atoms with Crippen LogP contribution in [0.2, 0.25) is 0 Å². The van der Waals surface area contributed by atoms with Crippen LogP contribution in [0, 0.1) is 13.8 Å². The first kappa shape index (κ1) is 17.1. The molecule has 1 amide bonds. The SMILES string of the molecule is Cc1cc(C)cc(C2(C(=O)NCc3ccc4c(c3)CCCN4C)CC2)c1. The first-order valence-electron chi connectivity index (χ1n) is 9.68. The zero-order chi connectivity index (χ0) is 18.3. The van der Waals surface area contributed by atoms with Crippen LogP contribution in [-0.4, -0.2) is 19.5 Å². The molecule has 26 heavy (non-hydrogen) atoms. The number of nitrogens with one attached hydrogen (secondary N) is 1. The highest BCUT2D eigenvalue weighted by molar-refractivity contribution is 5.91. The summed E-state index contributed by atoms with van der Waals surface area (Å²) in [7, 11) is 2.15. The molecule has 0 radical (unpaired) electrons. The van der Waals surface area contributed by atoms with Gasteiger partial charge in [0.1, 0.15) is 0 Å². The lowest BCUT2D eigenvalue weighted by Gasteiger charge is -2.28. The van der Waals surface area contributed by atoms with Gasteiger partial charge in [0.05, 0.1) is 5.41 Å². The molecule has 1 aliphatic heterocycles. The van der Waals surface area contributed by atoms with Crippen molar-refractivity contribution in [3.8, 4) is 0 Å². The topological polar surface area (TPSA) is 32.3 Å². The van der Waals surface area contributed by atoms with Crippen LogP contribution in [0.3, 0.4) is 0 Å². The molecular formula is C23H28N2O. The normalized spacial score (nSPS) is 17.6. The monoisotopic (exact) mass is 348 g/mol. The van der Waals surface area contributed by atoms with Crippen molar-refractivity contribution in [3.63, 3.8) is 0 Å². The van der Waals surface area contributed by atoms with E-state index in [0.717, 1.165) is 25.8 Å². The maximum atomic E-state index is 12.9. The van der Waals surface area contributed by atoms with E-state index in [0.29, 0.717) is 6.54 Å². The van der Waals surface area contributed by atoms with E-state index in [9.17, 15) is 4.79 Å². The molecule has 2 aromatic rings. The standard InChI is InChI=1S/C23H28N2O/c1-16-11-17(2)13-20(12-16)23(8-9-23)22(26)24-15-18-6-7-21-19(14-18)5-4-10-25(21)3/h6-7,11-14H,4-5,8-10,15H2,1-3H3,(H,24,26). The number of carbonyl (C=O) groups is 1. The predicted octanol–water partition coefficient (Wildman–Crippen LogP) is 4.03. The van der Waals surface area contributed by atoms with E-state index >= 15 is 0 Å². The van der Waals surface area contributed by atoms with Crippen molar-refractivity contribution in [2.45, 2.75) is 51.5 Å². The largest absolute Gasteiger partial charge is 0.374 e. The third-order valence-corrected chi connectivity index (χ3v) is 5.91. The molecular weight excluding hydrogens is 320 g/mol. The minimum absolute atomic E-state index is 0.178. The van der Waals surface area contributed by atoms with Crippen molar-refractivity contribution in [1.82, 2.24) is 5.32 Å². The molecule has 136 valence electrons. The van der Waals surface area contributed by atoms with Crippen molar-refractivity contribution in [1.29, 1.82) is 0 Å². The molecule has 1 fully saturated rings. The molecule has 0 spiro atoms. The number of benzene rings is 2. The molecule has 3 nitrogen and oxygen atoms in total. The smallest absolute Gasteiger partial charge is 0.230 e. The van der Waals surface area contributed by atoms with Gasteiger partial charge in [-0.15, -0.1) is 0 Å². The Balaban J connectivity index is 1.47. The Kier molecular flexibility index (Phi) is 4.26. The minimum Gasteiger partial charge on any atom is -0.374 e. The first-order valence-corrected chi connectivity index (χ1v) is 9.68. The molecule has 1 heterocycles. The fourth-order valence-corrected chi connectivity index (χ4v) is 4.32. The molecule has 0 aromatic heterocycles. The van der Waals surface area contributed by atoms with E-state index < -0.39 is 0 Å². The minimum atomic E-state index is -0.300. The molecule has 1 saturated carbocycles. The number of rotatable bonds is 4. The number of anilines is 1. The van der Waals surface area contributed by atoms with Crippen LogP contribution in [-0.2, 0) is 23.2 Å². The molecule has 0 saturated heterocycles. The van der Waals surface area contributed by atoms with Gasteiger partial charge in [0.2, 0.25) is 5.91 Å². The van der Waals surface area contributed by atoms with Crippen LogP contribution in [0.15, 0.2) is 36.4 Å². The Morgan fingerprint density at radius 2 is 1.85 bits per heavy atom. The molecule has 1 aliphatic carbocycles. The average Bonchev–Trinajstić information content (AvgIpc) is 3.41. The lowest BCUT2D eigenvalue weighted by Crippen LogP contribution is -2.34. The fraction of sp³-hybridized carbons (Fsp3) is 0.435. The van der Waals surface area contributed by atoms with Crippen LogP contribution in [0.4, 0.5) is 5.69 Å². The summed E-state index contributed by atoms with van der Waals surface area (Å²) in [6.07, 6.45) is 4.25. The zero-order valence-corrected chi connectivity index (χ0v) is 16.1. The highest BCUT2D eigenvalue weighted by Gasteiger charge is 2.51. The lowest BCUT2D eigenvalue weighted by atomic mass is 9.92. The Morgan fingerprint density at radius 1 is 1.12 bits per heavy atom. The number of carbonyl (C=O) groups excluding carboxylic acids is 1. The Morgan fingerprint density at radius 3 is 2.54 bits per heavy atom. The Labute approximate surface area is 156 Å². The van der Waals surface area contributed by atoms with Gasteiger partial charge in [0.25, 0.3) is 0 Å². The first-order chi connectivity index (χ1) is 12.5. The summed E-state index contributed by atoms with van der Waals surface area (Å²) in [5.41, 5.74) is 7.28. The van der Waals surface area contributed by atoms with E-state index in [1.165, 1.54) is 39.9 Å². The second-order valence-corrected chi connectivity index (χ2v) is 8.13. The van der Waals surface area contributed by atoms with Crippen LogP contribution in [0.5, 0.6) is 0 Å². The third kappa shape index (κ3) is 3.11. The molecule has 2 aromatic carbocycles. The fourth-order valence-electron chi connectivity index (χ4n) is 4.32. The summed E-state index contributed by atoms with van der Waals surface area (Å²) in [5.74, 6) is 0.178. The van der Waals surface area contributed by atoms with Gasteiger partial charge in [0, 0.05) is 25.8 Å². The number of hydrogen-bond donors (Lipinski definition) is 1. The maximum Gasteiger partial charge on any atom is 0.230 e. The molecule has 0 bridgehead atoms. The van der Waals surface area contributed by atoms with Crippen molar-refractivity contribution >= 4 is 11.6 Å². The third-order valence-electron chi connectivity index (χ3n) is 5.91. The average molecular weight is 348 g/mol. The second kappa shape index (κ2) is 6.46. The number of hydrogen-bond acceptors (Lipinski definition) is 2. The van der Waals surface area contributed by atoms with Crippen LogP contribution in [0.25, 0.3) is 0 Å². The zero-order valence-electron chi connectivity index (χ0n) is 16.1. The molecule has 3 heteroatoms. The predicted molar refractivity (Wildman–Crippen MR) is 107 cm³/mol. The van der Waals surface area contributed by atoms with E-state index in [2.05, 4.69) is 67.5 Å². The number of amides is 1. The van der Waals surface area contributed by atoms with Crippen LogP contribution < -0.4 is 10.2 Å². The van der Waals surface area contributed by atoms with Gasteiger partial charge in [0.15, 0.2) is 0 Å². The van der Waals surface area contributed by atoms with Crippen molar-refractivity contribution in [3.05, 3.63) is 64.2 Å². The van der Waals surface area contributed by atoms with Crippen LogP contribution in [0.1, 0.15) is 47.1 Å². The van der Waals surface area contributed by atoms with Gasteiger partial charge in [-0.1, -0.05) is 41.5 Å². The number of nitrogens with zero attached hydrogens (tertiary/aromatic N) is 1. The molecule has 2 aliphatic rings. The summed E-state index contributed by atoms with van der Waals surface area (Å²) < 4.78 is 0. The molecule has 0 unspecified atom stereocenters. The molecule has 1 N–H and O–H groups in total. The van der Waals surface area contributed by atoms with Gasteiger partial charge < -0.3 is 10.2 Å². The maximum absolute atomic E-state index is 12.9. The summed E-state index contributed by atoms with van der Waals surface area (Å²) in [5, 5.41) is 3.20. The van der Waals surface area contributed by atoms with Gasteiger partial charge >= 0.3 is 0 Å². The Hall–Kier alpha value is -2.29. The van der Waals surface area contributed by atoms with Gasteiger partial charge in [-0.2, -0.15) is 0 Å². The summed E-state index contributed by atoms with van der Waals surface area (Å²) in [4.78, 5) is 15.3. The second-order valence-electron chi connectivity index (χ2n) is 8.13. The van der Waals surface area contributed by atoms with E-state index in [-0.39, 0.29) is 11.3 Å². The van der Waals surface area contributed by atoms with E-state index in [1.807, 2.05) is 0 Å². The number of fused-ring (bicyclic) bond motifs is 1. The number of aryl methyl sites for hydroxylation is 3.